The van der Waals surface area contributed by atoms with Crippen LogP contribution in [0.4, 0.5) is 0 Å². The van der Waals surface area contributed by atoms with Crippen molar-refractivity contribution in [3.8, 4) is 11.5 Å². The van der Waals surface area contributed by atoms with Crippen molar-refractivity contribution in [1.82, 2.24) is 0 Å². The van der Waals surface area contributed by atoms with E-state index in [4.69, 9.17) is 25.5 Å². The zero-order valence-electron chi connectivity index (χ0n) is 10.9. The van der Waals surface area contributed by atoms with Crippen molar-refractivity contribution in [1.29, 1.82) is 0 Å². The first-order chi connectivity index (χ1) is 9.08. The number of aryl methyl sites for hydroxylation is 1. The third kappa shape index (κ3) is 2.74. The summed E-state index contributed by atoms with van der Waals surface area (Å²) in [5, 5.41) is -0.338. The summed E-state index contributed by atoms with van der Waals surface area (Å²) in [5.41, 5.74) is 1.76. The molecule has 0 amide bonds. The number of benzene rings is 1. The lowest BCUT2D eigenvalue weighted by atomic mass is 10.1. The number of rotatable bonds is 4. The molecule has 0 saturated carbocycles. The summed E-state index contributed by atoms with van der Waals surface area (Å²) in [6, 6.07) is 5.65. The van der Waals surface area contributed by atoms with E-state index in [2.05, 4.69) is 15.9 Å². The molecule has 102 valence electrons. The van der Waals surface area contributed by atoms with Gasteiger partial charge in [0.05, 0.1) is 25.9 Å². The fraction of sp³-hybridized carbons (Fsp3) is 0.286. The fourth-order valence-electron chi connectivity index (χ4n) is 1.89. The lowest BCUT2D eigenvalue weighted by Crippen LogP contribution is -1.99. The Hall–Kier alpha value is -1.13. The number of hydrogen-bond acceptors (Lipinski definition) is 3. The number of hydrogen-bond donors (Lipinski definition) is 0. The summed E-state index contributed by atoms with van der Waals surface area (Å²) >= 11 is 9.96. The largest absolute Gasteiger partial charge is 0.495 e. The summed E-state index contributed by atoms with van der Waals surface area (Å²) in [5.74, 6) is 2.19. The monoisotopic (exact) mass is 344 g/mol. The molecule has 1 aromatic carbocycles. The quantitative estimate of drug-likeness (QED) is 0.753. The second-order valence-corrected chi connectivity index (χ2v) is 5.29. The Labute approximate surface area is 125 Å². The Kier molecular flexibility index (Phi) is 4.42. The van der Waals surface area contributed by atoms with Crippen LogP contribution in [0.5, 0.6) is 11.5 Å². The maximum atomic E-state index is 6.49. The molecule has 0 spiro atoms. The number of furan rings is 1. The SMILES string of the molecule is COc1ccc(C(Cl)c2coc(C)c2)c(OC)c1Br. The molecule has 2 rings (SSSR count). The first kappa shape index (κ1) is 14.3. The molecule has 0 N–H and O–H groups in total. The highest BCUT2D eigenvalue weighted by atomic mass is 79.9. The van der Waals surface area contributed by atoms with Crippen LogP contribution in [0.3, 0.4) is 0 Å². The standard InChI is InChI=1S/C14H14BrClO3/c1-8-6-9(7-19-8)13(16)10-4-5-11(17-2)12(15)14(10)18-3/h4-7,13H,1-3H3. The van der Waals surface area contributed by atoms with Crippen molar-refractivity contribution in [2.45, 2.75) is 12.3 Å². The molecular formula is C14H14BrClO3. The van der Waals surface area contributed by atoms with Crippen molar-refractivity contribution in [2.75, 3.05) is 14.2 Å². The molecule has 1 heterocycles. The zero-order valence-corrected chi connectivity index (χ0v) is 13.2. The summed E-state index contributed by atoms with van der Waals surface area (Å²) in [6.45, 7) is 1.88. The Morgan fingerprint density at radius 3 is 2.53 bits per heavy atom. The Balaban J connectivity index is 2.47. The van der Waals surface area contributed by atoms with Crippen molar-refractivity contribution in [2.24, 2.45) is 0 Å². The predicted octanol–water partition coefficient (Wildman–Crippen LogP) is 4.70. The van der Waals surface area contributed by atoms with Gasteiger partial charge in [-0.2, -0.15) is 0 Å². The molecule has 0 radical (unpaired) electrons. The second-order valence-electron chi connectivity index (χ2n) is 4.06. The first-order valence-electron chi connectivity index (χ1n) is 5.68. The average Bonchev–Trinajstić information content (AvgIpc) is 2.84. The number of alkyl halides is 1. The summed E-state index contributed by atoms with van der Waals surface area (Å²) < 4.78 is 16.7. The van der Waals surface area contributed by atoms with E-state index in [-0.39, 0.29) is 5.38 Å². The Morgan fingerprint density at radius 2 is 2.00 bits per heavy atom. The molecule has 0 aliphatic rings. The van der Waals surface area contributed by atoms with Crippen LogP contribution in [0.1, 0.15) is 22.3 Å². The molecule has 0 saturated heterocycles. The summed E-state index contributed by atoms with van der Waals surface area (Å²) in [7, 11) is 3.21. The molecule has 1 unspecified atom stereocenters. The maximum absolute atomic E-state index is 6.49. The molecule has 19 heavy (non-hydrogen) atoms. The third-order valence-corrected chi connectivity index (χ3v) is 4.07. The molecule has 0 aliphatic carbocycles. The Morgan fingerprint density at radius 1 is 1.26 bits per heavy atom. The topological polar surface area (TPSA) is 31.6 Å². The van der Waals surface area contributed by atoms with Crippen LogP contribution >= 0.6 is 27.5 Å². The van der Waals surface area contributed by atoms with E-state index in [1.807, 2.05) is 25.1 Å². The van der Waals surface area contributed by atoms with E-state index in [1.165, 1.54) is 0 Å². The van der Waals surface area contributed by atoms with Crippen molar-refractivity contribution >= 4 is 27.5 Å². The minimum Gasteiger partial charge on any atom is -0.495 e. The Bertz CT molecular complexity index is 580. The highest BCUT2D eigenvalue weighted by molar-refractivity contribution is 9.10. The van der Waals surface area contributed by atoms with Crippen LogP contribution in [0.15, 0.2) is 33.4 Å². The van der Waals surface area contributed by atoms with E-state index < -0.39 is 0 Å². The van der Waals surface area contributed by atoms with Crippen molar-refractivity contribution in [3.05, 3.63) is 45.8 Å². The van der Waals surface area contributed by atoms with Crippen LogP contribution in [0, 0.1) is 6.92 Å². The highest BCUT2D eigenvalue weighted by Crippen LogP contribution is 2.43. The molecule has 2 aromatic rings. The van der Waals surface area contributed by atoms with Gasteiger partial charge in [0.25, 0.3) is 0 Å². The molecule has 0 bridgehead atoms. The molecule has 3 nitrogen and oxygen atoms in total. The summed E-state index contributed by atoms with van der Waals surface area (Å²) in [6.07, 6.45) is 1.66. The van der Waals surface area contributed by atoms with Gasteiger partial charge in [0.1, 0.15) is 21.7 Å². The second kappa shape index (κ2) is 5.88. The average molecular weight is 346 g/mol. The van der Waals surface area contributed by atoms with E-state index in [9.17, 15) is 0 Å². The smallest absolute Gasteiger partial charge is 0.141 e. The minimum atomic E-state index is -0.338. The van der Waals surface area contributed by atoms with Gasteiger partial charge < -0.3 is 13.9 Å². The number of halogens is 2. The lowest BCUT2D eigenvalue weighted by molar-refractivity contribution is 0.386. The minimum absolute atomic E-state index is 0.338. The lowest BCUT2D eigenvalue weighted by Gasteiger charge is -2.16. The predicted molar refractivity (Wildman–Crippen MR) is 78.4 cm³/mol. The van der Waals surface area contributed by atoms with Gasteiger partial charge in [0.15, 0.2) is 0 Å². The van der Waals surface area contributed by atoms with Gasteiger partial charge >= 0.3 is 0 Å². The molecule has 0 aliphatic heterocycles. The van der Waals surface area contributed by atoms with Crippen LogP contribution in [-0.4, -0.2) is 14.2 Å². The van der Waals surface area contributed by atoms with E-state index in [0.29, 0.717) is 11.5 Å². The summed E-state index contributed by atoms with van der Waals surface area (Å²) in [4.78, 5) is 0. The number of methoxy groups -OCH3 is 2. The number of ether oxygens (including phenoxy) is 2. The van der Waals surface area contributed by atoms with E-state index in [1.54, 1.807) is 20.5 Å². The van der Waals surface area contributed by atoms with Gasteiger partial charge in [-0.15, -0.1) is 11.6 Å². The van der Waals surface area contributed by atoms with E-state index in [0.717, 1.165) is 21.4 Å². The van der Waals surface area contributed by atoms with Crippen LogP contribution in [-0.2, 0) is 0 Å². The van der Waals surface area contributed by atoms with E-state index >= 15 is 0 Å². The van der Waals surface area contributed by atoms with Gasteiger partial charge in [-0.3, -0.25) is 0 Å². The maximum Gasteiger partial charge on any atom is 0.141 e. The van der Waals surface area contributed by atoms with Gasteiger partial charge in [0, 0.05) is 11.1 Å². The molecule has 1 atom stereocenters. The molecule has 0 fully saturated rings. The molecule has 1 aromatic heterocycles. The normalized spacial score (nSPS) is 12.3. The first-order valence-corrected chi connectivity index (χ1v) is 6.91. The fourth-order valence-corrected chi connectivity index (χ4v) is 2.86. The van der Waals surface area contributed by atoms with Gasteiger partial charge in [-0.1, -0.05) is 0 Å². The van der Waals surface area contributed by atoms with Gasteiger partial charge in [-0.25, -0.2) is 0 Å². The van der Waals surface area contributed by atoms with Gasteiger partial charge in [0.2, 0.25) is 0 Å². The van der Waals surface area contributed by atoms with Crippen molar-refractivity contribution < 1.29 is 13.9 Å². The van der Waals surface area contributed by atoms with Gasteiger partial charge in [-0.05, 0) is 41.1 Å². The van der Waals surface area contributed by atoms with Crippen molar-refractivity contribution in [3.63, 3.8) is 0 Å². The zero-order chi connectivity index (χ0) is 14.0. The van der Waals surface area contributed by atoms with Crippen LogP contribution in [0.2, 0.25) is 0 Å². The highest BCUT2D eigenvalue weighted by Gasteiger charge is 2.21. The molecule has 5 heteroatoms. The molecular weight excluding hydrogens is 332 g/mol. The van der Waals surface area contributed by atoms with Crippen LogP contribution in [0.25, 0.3) is 0 Å². The van der Waals surface area contributed by atoms with Crippen LogP contribution < -0.4 is 9.47 Å². The third-order valence-electron chi connectivity index (χ3n) is 2.83.